The molecule has 1 aromatic carbocycles. The lowest BCUT2D eigenvalue weighted by Crippen LogP contribution is -2.27. The SMILES string of the molecule is S=C(NCc1ccoc1)Nc1ccc2c(c1)OCO2. The molecule has 5 nitrogen and oxygen atoms in total. The van der Waals surface area contributed by atoms with Crippen LogP contribution < -0.4 is 20.1 Å². The molecule has 0 radical (unpaired) electrons. The smallest absolute Gasteiger partial charge is 0.231 e. The number of hydrogen-bond donors (Lipinski definition) is 2. The molecule has 0 saturated heterocycles. The van der Waals surface area contributed by atoms with Crippen LogP contribution >= 0.6 is 12.2 Å². The first-order valence-corrected chi connectivity index (χ1v) is 6.18. The maximum Gasteiger partial charge on any atom is 0.231 e. The molecule has 6 heteroatoms. The molecule has 98 valence electrons. The van der Waals surface area contributed by atoms with Gasteiger partial charge in [0, 0.05) is 23.9 Å². The zero-order valence-electron chi connectivity index (χ0n) is 10.0. The summed E-state index contributed by atoms with van der Waals surface area (Å²) in [5, 5.41) is 6.72. The Kier molecular flexibility index (Phi) is 3.24. The number of nitrogens with one attached hydrogen (secondary N) is 2. The third-order valence-corrected chi connectivity index (χ3v) is 2.91. The van der Waals surface area contributed by atoms with E-state index in [2.05, 4.69) is 10.6 Å². The van der Waals surface area contributed by atoms with Gasteiger partial charge in [0.1, 0.15) is 0 Å². The number of hydrogen-bond acceptors (Lipinski definition) is 4. The van der Waals surface area contributed by atoms with Gasteiger partial charge in [-0.15, -0.1) is 0 Å². The normalized spacial score (nSPS) is 12.2. The lowest BCUT2D eigenvalue weighted by atomic mass is 10.3. The third-order valence-electron chi connectivity index (χ3n) is 2.66. The minimum absolute atomic E-state index is 0.266. The summed E-state index contributed by atoms with van der Waals surface area (Å²) >= 11 is 5.21. The molecule has 0 unspecified atom stereocenters. The fourth-order valence-corrected chi connectivity index (χ4v) is 1.92. The van der Waals surface area contributed by atoms with E-state index < -0.39 is 0 Å². The van der Waals surface area contributed by atoms with Crippen LogP contribution in [0.15, 0.2) is 41.2 Å². The van der Waals surface area contributed by atoms with E-state index in [9.17, 15) is 0 Å². The highest BCUT2D eigenvalue weighted by Gasteiger charge is 2.13. The molecule has 1 aliphatic heterocycles. The molecule has 2 heterocycles. The summed E-state index contributed by atoms with van der Waals surface area (Å²) < 4.78 is 15.5. The summed E-state index contributed by atoms with van der Waals surface area (Å²) in [5.74, 6) is 1.48. The zero-order valence-corrected chi connectivity index (χ0v) is 10.8. The molecule has 1 aromatic heterocycles. The van der Waals surface area contributed by atoms with Gasteiger partial charge in [-0.2, -0.15) is 0 Å². The molecular weight excluding hydrogens is 264 g/mol. The van der Waals surface area contributed by atoms with Crippen molar-refractivity contribution in [3.8, 4) is 11.5 Å². The molecule has 0 atom stereocenters. The second-order valence-corrected chi connectivity index (χ2v) is 4.42. The minimum Gasteiger partial charge on any atom is -0.472 e. The molecule has 2 aromatic rings. The fraction of sp³-hybridized carbons (Fsp3) is 0.154. The van der Waals surface area contributed by atoms with E-state index in [1.165, 1.54) is 0 Å². The van der Waals surface area contributed by atoms with Gasteiger partial charge in [-0.1, -0.05) is 0 Å². The molecule has 3 rings (SSSR count). The average Bonchev–Trinajstić information content (AvgIpc) is 3.07. The summed E-state index contributed by atoms with van der Waals surface area (Å²) in [6.45, 7) is 0.884. The molecule has 1 aliphatic rings. The standard InChI is InChI=1S/C13H12N2O3S/c19-13(14-6-9-3-4-16-7-9)15-10-1-2-11-12(5-10)18-8-17-11/h1-5,7H,6,8H2,(H2,14,15,19). The number of ether oxygens (including phenoxy) is 2. The molecule has 0 spiro atoms. The highest BCUT2D eigenvalue weighted by molar-refractivity contribution is 7.80. The Hall–Kier alpha value is -2.21. The number of benzene rings is 1. The van der Waals surface area contributed by atoms with Gasteiger partial charge < -0.3 is 24.5 Å². The van der Waals surface area contributed by atoms with Crippen LogP contribution in [-0.2, 0) is 6.54 Å². The zero-order chi connectivity index (χ0) is 13.1. The van der Waals surface area contributed by atoms with E-state index in [0.717, 1.165) is 22.7 Å². The van der Waals surface area contributed by atoms with Crippen molar-refractivity contribution in [3.05, 3.63) is 42.4 Å². The van der Waals surface area contributed by atoms with E-state index in [0.29, 0.717) is 11.7 Å². The second kappa shape index (κ2) is 5.19. The van der Waals surface area contributed by atoms with Crippen molar-refractivity contribution < 1.29 is 13.9 Å². The largest absolute Gasteiger partial charge is 0.472 e. The first-order chi connectivity index (χ1) is 9.31. The van der Waals surface area contributed by atoms with Crippen molar-refractivity contribution >= 4 is 23.0 Å². The lowest BCUT2D eigenvalue weighted by Gasteiger charge is -2.10. The Balaban J connectivity index is 1.57. The van der Waals surface area contributed by atoms with Crippen LogP contribution in [0.2, 0.25) is 0 Å². The lowest BCUT2D eigenvalue weighted by molar-refractivity contribution is 0.174. The molecule has 0 amide bonds. The highest BCUT2D eigenvalue weighted by Crippen LogP contribution is 2.34. The van der Waals surface area contributed by atoms with E-state index >= 15 is 0 Å². The van der Waals surface area contributed by atoms with Crippen molar-refractivity contribution in [2.75, 3.05) is 12.1 Å². The second-order valence-electron chi connectivity index (χ2n) is 4.01. The van der Waals surface area contributed by atoms with Crippen LogP contribution in [-0.4, -0.2) is 11.9 Å². The van der Waals surface area contributed by atoms with E-state index in [4.69, 9.17) is 26.1 Å². The predicted molar refractivity (Wildman–Crippen MR) is 74.3 cm³/mol. The van der Waals surface area contributed by atoms with Crippen LogP contribution in [0.25, 0.3) is 0 Å². The van der Waals surface area contributed by atoms with Crippen molar-refractivity contribution in [3.63, 3.8) is 0 Å². The molecule has 19 heavy (non-hydrogen) atoms. The van der Waals surface area contributed by atoms with Gasteiger partial charge in [0.15, 0.2) is 16.6 Å². The fourth-order valence-electron chi connectivity index (χ4n) is 1.73. The Bertz CT molecular complexity index is 584. The highest BCUT2D eigenvalue weighted by atomic mass is 32.1. The molecular formula is C13H12N2O3S. The number of fused-ring (bicyclic) bond motifs is 1. The van der Waals surface area contributed by atoms with Crippen LogP contribution in [0.4, 0.5) is 5.69 Å². The number of anilines is 1. The van der Waals surface area contributed by atoms with Gasteiger partial charge >= 0.3 is 0 Å². The molecule has 2 N–H and O–H groups in total. The summed E-state index contributed by atoms with van der Waals surface area (Å²) in [5.41, 5.74) is 1.89. The van der Waals surface area contributed by atoms with E-state index in [1.54, 1.807) is 12.5 Å². The Morgan fingerprint density at radius 2 is 2.11 bits per heavy atom. The number of thiocarbonyl (C=S) groups is 1. The monoisotopic (exact) mass is 276 g/mol. The topological polar surface area (TPSA) is 55.7 Å². The first-order valence-electron chi connectivity index (χ1n) is 5.77. The maximum absolute atomic E-state index is 5.30. The van der Waals surface area contributed by atoms with Crippen LogP contribution in [0, 0.1) is 0 Å². The third kappa shape index (κ3) is 2.79. The maximum atomic E-state index is 5.30. The van der Waals surface area contributed by atoms with Crippen molar-refractivity contribution in [1.29, 1.82) is 0 Å². The number of furan rings is 1. The first kappa shape index (κ1) is 11.9. The van der Waals surface area contributed by atoms with Crippen molar-refractivity contribution in [2.24, 2.45) is 0 Å². The average molecular weight is 276 g/mol. The van der Waals surface area contributed by atoms with Gasteiger partial charge in [0.25, 0.3) is 0 Å². The molecule has 0 fully saturated rings. The number of rotatable bonds is 3. The Morgan fingerprint density at radius 3 is 2.95 bits per heavy atom. The van der Waals surface area contributed by atoms with Crippen LogP contribution in [0.1, 0.15) is 5.56 Å². The van der Waals surface area contributed by atoms with Gasteiger partial charge in [-0.25, -0.2) is 0 Å². The quantitative estimate of drug-likeness (QED) is 0.840. The Morgan fingerprint density at radius 1 is 1.21 bits per heavy atom. The predicted octanol–water partition coefficient (Wildman–Crippen LogP) is 2.49. The summed E-state index contributed by atoms with van der Waals surface area (Å²) in [6.07, 6.45) is 3.31. The van der Waals surface area contributed by atoms with Gasteiger partial charge in [0.2, 0.25) is 6.79 Å². The van der Waals surface area contributed by atoms with Gasteiger partial charge in [-0.3, -0.25) is 0 Å². The van der Waals surface area contributed by atoms with Crippen LogP contribution in [0.3, 0.4) is 0 Å². The Labute approximate surface area is 115 Å². The van der Waals surface area contributed by atoms with Gasteiger partial charge in [-0.05, 0) is 30.4 Å². The molecule has 0 bridgehead atoms. The van der Waals surface area contributed by atoms with Crippen molar-refractivity contribution in [1.82, 2.24) is 5.32 Å². The van der Waals surface area contributed by atoms with Crippen molar-refractivity contribution in [2.45, 2.75) is 6.54 Å². The van der Waals surface area contributed by atoms with E-state index in [-0.39, 0.29) is 6.79 Å². The summed E-state index contributed by atoms with van der Waals surface area (Å²) in [4.78, 5) is 0. The molecule has 0 saturated carbocycles. The van der Waals surface area contributed by atoms with E-state index in [1.807, 2.05) is 24.3 Å². The summed E-state index contributed by atoms with van der Waals surface area (Å²) in [6, 6.07) is 7.48. The van der Waals surface area contributed by atoms with Crippen LogP contribution in [0.5, 0.6) is 11.5 Å². The van der Waals surface area contributed by atoms with Gasteiger partial charge in [0.05, 0.1) is 12.5 Å². The molecule has 0 aliphatic carbocycles. The minimum atomic E-state index is 0.266. The summed E-state index contributed by atoms with van der Waals surface area (Å²) in [7, 11) is 0.